The molecule has 0 spiro atoms. The summed E-state index contributed by atoms with van der Waals surface area (Å²) >= 11 is 1.70. The molecule has 0 aliphatic carbocycles. The molecule has 2 heterocycles. The minimum atomic E-state index is 0.830. The van der Waals surface area contributed by atoms with Crippen LogP contribution in [-0.4, -0.2) is 15.2 Å². The topological polar surface area (TPSA) is 38.7 Å². The lowest BCUT2D eigenvalue weighted by molar-refractivity contribution is 0.955. The third-order valence-electron chi connectivity index (χ3n) is 3.62. The first-order valence-corrected chi connectivity index (χ1v) is 8.06. The molecule has 0 saturated carbocycles. The minimum absolute atomic E-state index is 0.830. The molecular formula is C18H13N3S. The molecule has 0 N–H and O–H groups in total. The maximum absolute atomic E-state index is 4.51. The molecule has 106 valence electrons. The zero-order valence-electron chi connectivity index (χ0n) is 11.8. The van der Waals surface area contributed by atoms with E-state index in [1.54, 1.807) is 18.0 Å². The van der Waals surface area contributed by atoms with Crippen molar-refractivity contribution >= 4 is 33.4 Å². The minimum Gasteiger partial charge on any atom is -0.256 e. The Bertz CT molecular complexity index is 863. The number of rotatable bonds is 3. The van der Waals surface area contributed by atoms with Crippen molar-refractivity contribution in [3.63, 3.8) is 0 Å². The van der Waals surface area contributed by atoms with Crippen LogP contribution in [0.1, 0.15) is 5.56 Å². The quantitative estimate of drug-likeness (QED) is 0.523. The molecule has 0 atom stereocenters. The second-order valence-corrected chi connectivity index (χ2v) is 5.98. The van der Waals surface area contributed by atoms with E-state index >= 15 is 0 Å². The number of fused-ring (bicyclic) bond motifs is 2. The fourth-order valence-electron chi connectivity index (χ4n) is 2.54. The Kier molecular flexibility index (Phi) is 3.45. The van der Waals surface area contributed by atoms with E-state index in [0.717, 1.165) is 27.1 Å². The highest BCUT2D eigenvalue weighted by atomic mass is 32.2. The van der Waals surface area contributed by atoms with Gasteiger partial charge in [-0.2, -0.15) is 5.10 Å². The lowest BCUT2D eigenvalue weighted by Gasteiger charge is -2.06. The van der Waals surface area contributed by atoms with Gasteiger partial charge in [0.2, 0.25) is 0 Å². The number of para-hydroxylation sites is 1. The highest BCUT2D eigenvalue weighted by Gasteiger charge is 2.07. The fraction of sp³-hybridized carbons (Fsp3) is 0.0556. The highest BCUT2D eigenvalue weighted by molar-refractivity contribution is 7.98. The van der Waals surface area contributed by atoms with Crippen molar-refractivity contribution in [1.82, 2.24) is 15.2 Å². The lowest BCUT2D eigenvalue weighted by atomic mass is 10.1. The summed E-state index contributed by atoms with van der Waals surface area (Å²) in [5, 5.41) is 12.8. The van der Waals surface area contributed by atoms with Crippen molar-refractivity contribution in [3.05, 3.63) is 72.6 Å². The summed E-state index contributed by atoms with van der Waals surface area (Å²) in [6.07, 6.45) is 3.65. The van der Waals surface area contributed by atoms with Gasteiger partial charge in [0.15, 0.2) is 0 Å². The Morgan fingerprint density at radius 2 is 1.73 bits per heavy atom. The van der Waals surface area contributed by atoms with Crippen LogP contribution >= 0.6 is 11.8 Å². The molecule has 2 aromatic heterocycles. The van der Waals surface area contributed by atoms with Crippen molar-refractivity contribution in [3.8, 4) is 0 Å². The number of aromatic nitrogens is 3. The van der Waals surface area contributed by atoms with Crippen molar-refractivity contribution in [2.24, 2.45) is 0 Å². The molecule has 0 bridgehead atoms. The van der Waals surface area contributed by atoms with Gasteiger partial charge in [-0.3, -0.25) is 4.98 Å². The number of thioether (sulfide) groups is 1. The monoisotopic (exact) mass is 303 g/mol. The molecule has 0 amide bonds. The number of benzene rings is 2. The summed E-state index contributed by atoms with van der Waals surface area (Å²) in [7, 11) is 0. The molecule has 0 saturated heterocycles. The van der Waals surface area contributed by atoms with Gasteiger partial charge in [-0.1, -0.05) is 60.3 Å². The van der Waals surface area contributed by atoms with Gasteiger partial charge in [0.1, 0.15) is 5.03 Å². The van der Waals surface area contributed by atoms with Gasteiger partial charge in [0, 0.05) is 28.1 Å². The second kappa shape index (κ2) is 5.73. The average molecular weight is 303 g/mol. The van der Waals surface area contributed by atoms with E-state index in [0.29, 0.717) is 0 Å². The molecule has 0 radical (unpaired) electrons. The Morgan fingerprint density at radius 3 is 2.73 bits per heavy atom. The summed E-state index contributed by atoms with van der Waals surface area (Å²) in [6.45, 7) is 0. The third kappa shape index (κ3) is 2.42. The summed E-state index contributed by atoms with van der Waals surface area (Å²) in [4.78, 5) is 4.51. The molecule has 2 aromatic carbocycles. The van der Waals surface area contributed by atoms with E-state index in [4.69, 9.17) is 0 Å². The number of hydrogen-bond donors (Lipinski definition) is 0. The number of pyridine rings is 1. The summed E-state index contributed by atoms with van der Waals surface area (Å²) in [5.74, 6) is 0.830. The molecule has 4 aromatic rings. The normalized spacial score (nSPS) is 11.1. The number of nitrogens with zero attached hydrogens (tertiary/aromatic N) is 3. The van der Waals surface area contributed by atoms with Crippen LogP contribution in [-0.2, 0) is 5.75 Å². The largest absolute Gasteiger partial charge is 0.256 e. The maximum atomic E-state index is 4.51. The van der Waals surface area contributed by atoms with E-state index in [-0.39, 0.29) is 0 Å². The van der Waals surface area contributed by atoms with Crippen LogP contribution in [0.5, 0.6) is 0 Å². The van der Waals surface area contributed by atoms with Gasteiger partial charge >= 0.3 is 0 Å². The summed E-state index contributed by atoms with van der Waals surface area (Å²) < 4.78 is 0. The van der Waals surface area contributed by atoms with Gasteiger partial charge in [-0.05, 0) is 11.6 Å². The van der Waals surface area contributed by atoms with Gasteiger partial charge in [-0.15, -0.1) is 5.10 Å². The smallest absolute Gasteiger partial charge is 0.127 e. The molecule has 0 unspecified atom stereocenters. The fourth-order valence-corrected chi connectivity index (χ4v) is 3.51. The van der Waals surface area contributed by atoms with Gasteiger partial charge in [-0.25, -0.2) is 0 Å². The van der Waals surface area contributed by atoms with Crippen LogP contribution < -0.4 is 0 Å². The second-order valence-electron chi connectivity index (χ2n) is 5.02. The highest BCUT2D eigenvalue weighted by Crippen LogP contribution is 2.29. The molecule has 4 rings (SSSR count). The molecule has 22 heavy (non-hydrogen) atoms. The van der Waals surface area contributed by atoms with E-state index < -0.39 is 0 Å². The Morgan fingerprint density at radius 1 is 0.864 bits per heavy atom. The first-order valence-electron chi connectivity index (χ1n) is 7.08. The SMILES string of the molecule is c1ccc2c(SCc3cccc4cccnc34)nncc2c1. The Hall–Kier alpha value is -2.46. The van der Waals surface area contributed by atoms with E-state index in [1.165, 1.54) is 10.9 Å². The van der Waals surface area contributed by atoms with Crippen LogP contribution in [0.25, 0.3) is 21.7 Å². The van der Waals surface area contributed by atoms with Crippen molar-refractivity contribution in [2.45, 2.75) is 10.8 Å². The van der Waals surface area contributed by atoms with Crippen LogP contribution in [0.2, 0.25) is 0 Å². The third-order valence-corrected chi connectivity index (χ3v) is 4.65. The van der Waals surface area contributed by atoms with Gasteiger partial charge < -0.3 is 0 Å². The molecule has 3 nitrogen and oxygen atoms in total. The van der Waals surface area contributed by atoms with Crippen LogP contribution in [0.4, 0.5) is 0 Å². The van der Waals surface area contributed by atoms with Crippen molar-refractivity contribution < 1.29 is 0 Å². The van der Waals surface area contributed by atoms with Crippen LogP contribution in [0.3, 0.4) is 0 Å². The van der Waals surface area contributed by atoms with Crippen LogP contribution in [0, 0.1) is 0 Å². The van der Waals surface area contributed by atoms with Crippen LogP contribution in [0.15, 0.2) is 72.0 Å². The van der Waals surface area contributed by atoms with E-state index in [1.807, 2.05) is 24.4 Å². The standard InChI is InChI=1S/C18H13N3S/c1-2-9-16-14(5-1)11-20-21-18(16)22-12-15-7-3-6-13-8-4-10-19-17(13)15/h1-11H,12H2. The van der Waals surface area contributed by atoms with Gasteiger partial charge in [0.25, 0.3) is 0 Å². The zero-order chi connectivity index (χ0) is 14.8. The maximum Gasteiger partial charge on any atom is 0.127 e. The predicted molar refractivity (Wildman–Crippen MR) is 90.8 cm³/mol. The first kappa shape index (κ1) is 13.2. The molecule has 0 aliphatic heterocycles. The molecule has 0 fully saturated rings. The van der Waals surface area contributed by atoms with Crippen molar-refractivity contribution in [2.75, 3.05) is 0 Å². The number of hydrogen-bond acceptors (Lipinski definition) is 4. The van der Waals surface area contributed by atoms with E-state index in [2.05, 4.69) is 51.6 Å². The molecule has 4 heteroatoms. The lowest BCUT2D eigenvalue weighted by Crippen LogP contribution is -1.90. The van der Waals surface area contributed by atoms with E-state index in [9.17, 15) is 0 Å². The molecule has 0 aliphatic rings. The van der Waals surface area contributed by atoms with Gasteiger partial charge in [0.05, 0.1) is 11.7 Å². The zero-order valence-corrected chi connectivity index (χ0v) is 12.6. The average Bonchev–Trinajstić information content (AvgIpc) is 2.60. The summed E-state index contributed by atoms with van der Waals surface area (Å²) in [6, 6.07) is 18.6. The summed E-state index contributed by atoms with van der Waals surface area (Å²) in [5.41, 5.74) is 2.28. The predicted octanol–water partition coefficient (Wildman–Crippen LogP) is 4.47. The Balaban J connectivity index is 1.69. The molecular weight excluding hydrogens is 290 g/mol. The van der Waals surface area contributed by atoms with Crippen molar-refractivity contribution in [1.29, 1.82) is 0 Å². The Labute approximate surface area is 132 Å². The first-order chi connectivity index (χ1) is 10.9.